The van der Waals surface area contributed by atoms with Crippen LogP contribution in [-0.4, -0.2) is 19.3 Å². The molecule has 6 nitrogen and oxygen atoms in total. The van der Waals surface area contributed by atoms with Gasteiger partial charge in [0, 0.05) is 17.7 Å². The molecule has 0 bridgehead atoms. The van der Waals surface area contributed by atoms with Gasteiger partial charge in [-0.3, -0.25) is 19.1 Å². The first-order valence-corrected chi connectivity index (χ1v) is 6.75. The van der Waals surface area contributed by atoms with Crippen LogP contribution in [0.1, 0.15) is 26.9 Å². The van der Waals surface area contributed by atoms with Crippen molar-refractivity contribution in [3.8, 4) is 0 Å². The third-order valence-corrected chi connectivity index (χ3v) is 3.01. The van der Waals surface area contributed by atoms with Crippen LogP contribution in [0.2, 0.25) is 0 Å². The van der Waals surface area contributed by atoms with Crippen molar-refractivity contribution in [2.24, 2.45) is 5.41 Å². The van der Waals surface area contributed by atoms with E-state index in [4.69, 9.17) is 34.8 Å². The van der Waals surface area contributed by atoms with Crippen molar-refractivity contribution in [3.05, 3.63) is 33.1 Å². The molecule has 1 heterocycles. The van der Waals surface area contributed by atoms with Crippen LogP contribution in [0.15, 0.2) is 21.9 Å². The molecular weight excluding hydrogens is 328 g/mol. The molecule has 0 saturated heterocycles. The molecule has 0 aliphatic rings. The highest BCUT2D eigenvalue weighted by atomic mass is 35.6. The summed E-state index contributed by atoms with van der Waals surface area (Å²) in [5.74, 6) is -0.410. The van der Waals surface area contributed by atoms with Gasteiger partial charge >= 0.3 is 5.69 Å². The minimum Gasteiger partial charge on any atom is -0.331 e. The first kappa shape index (κ1) is 17.1. The molecule has 1 atom stereocenters. The number of aromatic nitrogens is 2. The van der Waals surface area contributed by atoms with Gasteiger partial charge in [-0.25, -0.2) is 4.79 Å². The summed E-state index contributed by atoms with van der Waals surface area (Å²) in [5, 5.41) is 2.48. The highest BCUT2D eigenvalue weighted by molar-refractivity contribution is 6.67. The summed E-state index contributed by atoms with van der Waals surface area (Å²) in [6.45, 7) is 5.02. The first-order valence-electron chi connectivity index (χ1n) is 5.62. The Hall–Kier alpha value is -0.980. The second-order valence-electron chi connectivity index (χ2n) is 5.19. The average molecular weight is 343 g/mol. The Labute approximate surface area is 130 Å². The van der Waals surface area contributed by atoms with Crippen LogP contribution in [0.3, 0.4) is 0 Å². The molecule has 1 amide bonds. The highest BCUT2D eigenvalue weighted by Crippen LogP contribution is 2.36. The van der Waals surface area contributed by atoms with Crippen molar-refractivity contribution in [1.82, 2.24) is 14.9 Å². The second-order valence-corrected chi connectivity index (χ2v) is 7.55. The van der Waals surface area contributed by atoms with Crippen molar-refractivity contribution in [3.63, 3.8) is 0 Å². The third-order valence-electron chi connectivity index (χ3n) is 2.39. The van der Waals surface area contributed by atoms with Crippen LogP contribution in [0.25, 0.3) is 0 Å². The van der Waals surface area contributed by atoms with E-state index in [1.165, 1.54) is 0 Å². The lowest BCUT2D eigenvalue weighted by Crippen LogP contribution is -2.48. The van der Waals surface area contributed by atoms with Crippen molar-refractivity contribution in [2.45, 2.75) is 30.7 Å². The Morgan fingerprint density at radius 1 is 1.30 bits per heavy atom. The highest BCUT2D eigenvalue weighted by Gasteiger charge is 2.38. The summed E-state index contributed by atoms with van der Waals surface area (Å²) in [6, 6.07) is 1.09. The van der Waals surface area contributed by atoms with Crippen molar-refractivity contribution >= 4 is 40.7 Å². The van der Waals surface area contributed by atoms with Gasteiger partial charge in [-0.15, -0.1) is 0 Å². The van der Waals surface area contributed by atoms with E-state index in [-0.39, 0.29) is 0 Å². The van der Waals surface area contributed by atoms with Crippen LogP contribution in [-0.2, 0) is 4.79 Å². The summed E-state index contributed by atoms with van der Waals surface area (Å²) >= 11 is 17.4. The predicted octanol–water partition coefficient (Wildman–Crippen LogP) is 1.57. The fourth-order valence-corrected chi connectivity index (χ4v) is 1.76. The van der Waals surface area contributed by atoms with Gasteiger partial charge in [-0.2, -0.15) is 0 Å². The Morgan fingerprint density at radius 3 is 2.25 bits per heavy atom. The summed E-state index contributed by atoms with van der Waals surface area (Å²) in [5.41, 5.74) is -2.11. The number of carbonyl (C=O) groups excluding carboxylic acids is 1. The first-order chi connectivity index (χ1) is 8.93. The number of alkyl halides is 3. The summed E-state index contributed by atoms with van der Waals surface area (Å²) < 4.78 is -1.03. The molecule has 0 fully saturated rings. The normalized spacial score (nSPS) is 13.9. The maximum Gasteiger partial charge on any atom is 0.330 e. The topological polar surface area (TPSA) is 84.0 Å². The standard InChI is InChI=1S/C11H14Cl3N3O3/c1-10(2,3)8(19)16-7(11(12,13)14)17-5-4-6(18)15-9(17)20/h4-5,7H,1-3H3,(H,16,19)(H,15,18,20). The fraction of sp³-hybridized carbons (Fsp3) is 0.545. The number of halogens is 3. The number of nitrogens with one attached hydrogen (secondary N) is 2. The molecule has 9 heteroatoms. The van der Waals surface area contributed by atoms with Crippen LogP contribution >= 0.6 is 34.8 Å². The number of hydrogen-bond acceptors (Lipinski definition) is 3. The number of rotatable bonds is 2. The Kier molecular flexibility index (Phi) is 4.94. The molecule has 1 rings (SSSR count). The third kappa shape index (κ3) is 4.26. The molecule has 1 unspecified atom stereocenters. The number of aromatic amines is 1. The van der Waals surface area contributed by atoms with Crippen LogP contribution in [0, 0.1) is 5.41 Å². The predicted molar refractivity (Wildman–Crippen MR) is 78.2 cm³/mol. The Balaban J connectivity index is 3.25. The van der Waals surface area contributed by atoms with E-state index >= 15 is 0 Å². The lowest BCUT2D eigenvalue weighted by Gasteiger charge is -2.29. The molecular formula is C11H14Cl3N3O3. The van der Waals surface area contributed by atoms with Crippen LogP contribution in [0.5, 0.6) is 0 Å². The molecule has 2 N–H and O–H groups in total. The van der Waals surface area contributed by atoms with Gasteiger partial charge in [-0.05, 0) is 0 Å². The molecule has 0 aliphatic carbocycles. The molecule has 0 spiro atoms. The molecule has 20 heavy (non-hydrogen) atoms. The van der Waals surface area contributed by atoms with Gasteiger partial charge in [0.2, 0.25) is 9.70 Å². The molecule has 1 aromatic rings. The average Bonchev–Trinajstić information content (AvgIpc) is 2.23. The SMILES string of the molecule is CC(C)(C)C(=O)NC(n1ccc(=O)[nH]c1=O)C(Cl)(Cl)Cl. The van der Waals surface area contributed by atoms with E-state index in [0.717, 1.165) is 16.8 Å². The van der Waals surface area contributed by atoms with Crippen LogP contribution < -0.4 is 16.6 Å². The van der Waals surface area contributed by atoms with Crippen molar-refractivity contribution in [2.75, 3.05) is 0 Å². The van der Waals surface area contributed by atoms with Gasteiger partial charge in [-0.1, -0.05) is 55.6 Å². The van der Waals surface area contributed by atoms with E-state index in [9.17, 15) is 14.4 Å². The zero-order chi connectivity index (χ0) is 15.7. The molecule has 0 aliphatic heterocycles. The van der Waals surface area contributed by atoms with E-state index in [1.54, 1.807) is 20.8 Å². The Bertz CT molecular complexity index is 610. The zero-order valence-corrected chi connectivity index (χ0v) is 13.3. The number of nitrogens with zero attached hydrogens (tertiary/aromatic N) is 1. The molecule has 0 radical (unpaired) electrons. The van der Waals surface area contributed by atoms with Gasteiger partial charge < -0.3 is 5.32 Å². The summed E-state index contributed by atoms with van der Waals surface area (Å²) in [6.07, 6.45) is -0.0972. The van der Waals surface area contributed by atoms with Crippen molar-refractivity contribution in [1.29, 1.82) is 0 Å². The minimum atomic E-state index is -1.97. The van der Waals surface area contributed by atoms with Crippen molar-refractivity contribution < 1.29 is 4.79 Å². The maximum absolute atomic E-state index is 12.0. The number of carbonyl (C=O) groups is 1. The lowest BCUT2D eigenvalue weighted by molar-refractivity contribution is -0.129. The van der Waals surface area contributed by atoms with E-state index in [2.05, 4.69) is 5.32 Å². The van der Waals surface area contributed by atoms with E-state index in [1.807, 2.05) is 4.98 Å². The quantitative estimate of drug-likeness (QED) is 0.800. The molecule has 1 aromatic heterocycles. The van der Waals surface area contributed by atoms with Gasteiger partial charge in [0.05, 0.1) is 0 Å². The molecule has 0 saturated carbocycles. The summed E-state index contributed by atoms with van der Waals surface area (Å²) in [7, 11) is 0. The Morgan fingerprint density at radius 2 is 1.85 bits per heavy atom. The zero-order valence-electron chi connectivity index (χ0n) is 11.0. The number of amides is 1. The van der Waals surface area contributed by atoms with Gasteiger partial charge in [0.1, 0.15) is 0 Å². The summed E-state index contributed by atoms with van der Waals surface area (Å²) in [4.78, 5) is 36.8. The smallest absolute Gasteiger partial charge is 0.330 e. The van der Waals surface area contributed by atoms with Crippen LogP contribution in [0.4, 0.5) is 0 Å². The molecule has 0 aromatic carbocycles. The van der Waals surface area contributed by atoms with E-state index in [0.29, 0.717) is 0 Å². The van der Waals surface area contributed by atoms with Gasteiger partial charge in [0.25, 0.3) is 5.56 Å². The van der Waals surface area contributed by atoms with E-state index < -0.39 is 32.5 Å². The maximum atomic E-state index is 12.0. The largest absolute Gasteiger partial charge is 0.331 e. The van der Waals surface area contributed by atoms with Gasteiger partial charge in [0.15, 0.2) is 6.17 Å². The lowest BCUT2D eigenvalue weighted by atomic mass is 9.95. The number of H-pyrrole nitrogens is 1. The second kappa shape index (κ2) is 5.79. The fourth-order valence-electron chi connectivity index (χ4n) is 1.28. The monoisotopic (exact) mass is 341 g/mol. The number of hydrogen-bond donors (Lipinski definition) is 2. The molecule has 112 valence electrons. The minimum absolute atomic E-state index is 0.410.